The van der Waals surface area contributed by atoms with Gasteiger partial charge in [0.1, 0.15) is 6.67 Å². The normalized spacial score (nSPS) is 15.6. The van der Waals surface area contributed by atoms with Crippen LogP contribution in [0.3, 0.4) is 0 Å². The number of halogens is 1. The van der Waals surface area contributed by atoms with Crippen molar-refractivity contribution < 1.29 is 4.39 Å². The van der Waals surface area contributed by atoms with Crippen molar-refractivity contribution in [3.8, 4) is 0 Å². The van der Waals surface area contributed by atoms with Crippen LogP contribution < -0.4 is 10.2 Å². The number of fused-ring (bicyclic) bond motifs is 1. The lowest BCUT2D eigenvalue weighted by Crippen LogP contribution is -2.26. The molecule has 1 aromatic rings. The fourth-order valence-electron chi connectivity index (χ4n) is 1.85. The molecule has 0 spiro atoms. The predicted molar refractivity (Wildman–Crippen MR) is 57.7 cm³/mol. The Balaban J connectivity index is 2.27. The van der Waals surface area contributed by atoms with E-state index < -0.39 is 0 Å². The van der Waals surface area contributed by atoms with Crippen LogP contribution in [-0.2, 0) is 0 Å². The van der Waals surface area contributed by atoms with E-state index in [2.05, 4.69) is 10.2 Å². The van der Waals surface area contributed by atoms with Crippen LogP contribution in [0.5, 0.6) is 0 Å². The molecule has 0 bridgehead atoms. The fourth-order valence-corrected chi connectivity index (χ4v) is 1.85. The maximum absolute atomic E-state index is 12.3. The molecule has 0 saturated carbocycles. The van der Waals surface area contributed by atoms with Gasteiger partial charge < -0.3 is 10.2 Å². The number of benzene rings is 1. The summed E-state index contributed by atoms with van der Waals surface area (Å²) in [7, 11) is 0. The summed E-state index contributed by atoms with van der Waals surface area (Å²) in [4.78, 5) is 2.11. The van der Waals surface area contributed by atoms with Gasteiger partial charge in [0.2, 0.25) is 0 Å². The smallest absolute Gasteiger partial charge is 0.107 e. The molecule has 0 radical (unpaired) electrons. The summed E-state index contributed by atoms with van der Waals surface area (Å²) in [5.74, 6) is 0. The molecule has 0 saturated heterocycles. The first kappa shape index (κ1) is 9.31. The minimum atomic E-state index is -0.283. The van der Waals surface area contributed by atoms with Crippen molar-refractivity contribution in [2.24, 2.45) is 0 Å². The lowest BCUT2D eigenvalue weighted by Gasteiger charge is -2.22. The molecular formula is C11H15FN2. The maximum atomic E-state index is 12.3. The molecule has 2 nitrogen and oxygen atoms in total. The summed E-state index contributed by atoms with van der Waals surface area (Å²) in [6.07, 6.45) is 1.06. The van der Waals surface area contributed by atoms with Crippen LogP contribution in [0.25, 0.3) is 0 Å². The van der Waals surface area contributed by atoms with Crippen molar-refractivity contribution in [3.63, 3.8) is 0 Å². The van der Waals surface area contributed by atoms with Gasteiger partial charge in [-0.25, -0.2) is 4.39 Å². The van der Waals surface area contributed by atoms with Crippen molar-refractivity contribution in [2.45, 2.75) is 6.42 Å². The third-order valence-electron chi connectivity index (χ3n) is 2.52. The molecule has 0 fully saturated rings. The zero-order chi connectivity index (χ0) is 9.80. The van der Waals surface area contributed by atoms with Gasteiger partial charge in [-0.15, -0.1) is 0 Å². The highest BCUT2D eigenvalue weighted by atomic mass is 19.1. The highest BCUT2D eigenvalue weighted by Crippen LogP contribution is 2.27. The summed E-state index contributed by atoms with van der Waals surface area (Å²) in [6.45, 7) is 2.13. The number of nitrogens with zero attached hydrogens (tertiary/aromatic N) is 1. The molecule has 14 heavy (non-hydrogen) atoms. The molecule has 1 aliphatic rings. The van der Waals surface area contributed by atoms with Crippen LogP contribution in [0.4, 0.5) is 15.8 Å². The number of rotatable bonds is 2. The van der Waals surface area contributed by atoms with Crippen LogP contribution in [0.2, 0.25) is 0 Å². The predicted octanol–water partition coefficient (Wildman–Crippen LogP) is 2.28. The second-order valence-electron chi connectivity index (χ2n) is 3.47. The molecule has 0 amide bonds. The van der Waals surface area contributed by atoms with Crippen LogP contribution >= 0.6 is 0 Å². The van der Waals surface area contributed by atoms with Gasteiger partial charge in [-0.3, -0.25) is 0 Å². The molecule has 3 heteroatoms. The average Bonchev–Trinajstić information content (AvgIpc) is 2.42. The Morgan fingerprint density at radius 1 is 1.36 bits per heavy atom. The van der Waals surface area contributed by atoms with Gasteiger partial charge in [0.15, 0.2) is 0 Å². The summed E-state index contributed by atoms with van der Waals surface area (Å²) in [6, 6.07) is 8.09. The molecule has 76 valence electrons. The molecule has 2 rings (SSSR count). The number of para-hydroxylation sites is 2. The summed E-state index contributed by atoms with van der Waals surface area (Å²) < 4.78 is 12.3. The molecule has 1 N–H and O–H groups in total. The van der Waals surface area contributed by atoms with Gasteiger partial charge in [-0.1, -0.05) is 12.1 Å². The van der Waals surface area contributed by atoms with Crippen molar-refractivity contribution in [1.82, 2.24) is 0 Å². The Bertz CT molecular complexity index is 301. The Kier molecular flexibility index (Phi) is 2.87. The third-order valence-corrected chi connectivity index (χ3v) is 2.52. The van der Waals surface area contributed by atoms with E-state index >= 15 is 0 Å². The molecule has 1 aromatic carbocycles. The Hall–Kier alpha value is -1.25. The first-order valence-corrected chi connectivity index (χ1v) is 5.05. The second kappa shape index (κ2) is 4.31. The van der Waals surface area contributed by atoms with Crippen molar-refractivity contribution in [3.05, 3.63) is 24.3 Å². The van der Waals surface area contributed by atoms with Crippen LogP contribution in [-0.4, -0.2) is 26.3 Å². The minimum absolute atomic E-state index is 0.283. The van der Waals surface area contributed by atoms with Crippen LogP contribution in [0.15, 0.2) is 24.3 Å². The summed E-state index contributed by atoms with van der Waals surface area (Å²) in [5.41, 5.74) is 2.25. The Morgan fingerprint density at radius 2 is 2.21 bits per heavy atom. The number of nitrogens with one attached hydrogen (secondary N) is 1. The monoisotopic (exact) mass is 194 g/mol. The van der Waals surface area contributed by atoms with E-state index in [1.165, 1.54) is 0 Å². The molecule has 1 aliphatic heterocycles. The highest BCUT2D eigenvalue weighted by Gasteiger charge is 2.13. The standard InChI is InChI=1S/C11H15FN2/c12-6-9-14-8-3-7-13-10-4-1-2-5-11(10)14/h1-2,4-5,13H,3,6-9H2. The second-order valence-corrected chi connectivity index (χ2v) is 3.47. The zero-order valence-corrected chi connectivity index (χ0v) is 8.17. The first-order valence-electron chi connectivity index (χ1n) is 5.05. The van der Waals surface area contributed by atoms with Gasteiger partial charge in [0.05, 0.1) is 11.4 Å². The van der Waals surface area contributed by atoms with Gasteiger partial charge in [0.25, 0.3) is 0 Å². The molecule has 0 unspecified atom stereocenters. The lowest BCUT2D eigenvalue weighted by molar-refractivity contribution is 0.490. The minimum Gasteiger partial charge on any atom is -0.383 e. The SMILES string of the molecule is FCCN1CCCNc2ccccc21. The first-order chi connectivity index (χ1) is 6.92. The molecular weight excluding hydrogens is 179 g/mol. The van der Waals surface area contributed by atoms with Crippen molar-refractivity contribution >= 4 is 11.4 Å². The third kappa shape index (κ3) is 1.81. The van der Waals surface area contributed by atoms with E-state index in [4.69, 9.17) is 0 Å². The van der Waals surface area contributed by atoms with E-state index in [1.54, 1.807) is 0 Å². The molecule has 0 atom stereocenters. The largest absolute Gasteiger partial charge is 0.383 e. The van der Waals surface area contributed by atoms with Gasteiger partial charge in [-0.2, -0.15) is 0 Å². The Labute approximate surface area is 83.7 Å². The van der Waals surface area contributed by atoms with Crippen molar-refractivity contribution in [2.75, 3.05) is 36.5 Å². The van der Waals surface area contributed by atoms with E-state index in [0.717, 1.165) is 30.9 Å². The number of anilines is 2. The topological polar surface area (TPSA) is 15.3 Å². The summed E-state index contributed by atoms with van der Waals surface area (Å²) in [5, 5.41) is 3.35. The number of hydrogen-bond acceptors (Lipinski definition) is 2. The molecule has 0 aromatic heterocycles. The van der Waals surface area contributed by atoms with Gasteiger partial charge in [-0.05, 0) is 18.6 Å². The molecule has 1 heterocycles. The zero-order valence-electron chi connectivity index (χ0n) is 8.17. The number of alkyl halides is 1. The lowest BCUT2D eigenvalue weighted by atomic mass is 10.2. The maximum Gasteiger partial charge on any atom is 0.107 e. The quantitative estimate of drug-likeness (QED) is 0.777. The molecule has 0 aliphatic carbocycles. The highest BCUT2D eigenvalue weighted by molar-refractivity contribution is 5.70. The van der Waals surface area contributed by atoms with Crippen LogP contribution in [0, 0.1) is 0 Å². The van der Waals surface area contributed by atoms with Gasteiger partial charge in [0, 0.05) is 19.6 Å². The average molecular weight is 194 g/mol. The number of hydrogen-bond donors (Lipinski definition) is 1. The van der Waals surface area contributed by atoms with Crippen LogP contribution in [0.1, 0.15) is 6.42 Å². The Morgan fingerprint density at radius 3 is 3.07 bits per heavy atom. The fraction of sp³-hybridized carbons (Fsp3) is 0.455. The van der Waals surface area contributed by atoms with E-state index in [1.807, 2.05) is 24.3 Å². The summed E-state index contributed by atoms with van der Waals surface area (Å²) >= 11 is 0. The van der Waals surface area contributed by atoms with Crippen molar-refractivity contribution in [1.29, 1.82) is 0 Å². The van der Waals surface area contributed by atoms with Gasteiger partial charge >= 0.3 is 0 Å². The van der Waals surface area contributed by atoms with E-state index in [9.17, 15) is 4.39 Å². The van der Waals surface area contributed by atoms with E-state index in [-0.39, 0.29) is 6.67 Å². The van der Waals surface area contributed by atoms with E-state index in [0.29, 0.717) is 6.54 Å².